The second kappa shape index (κ2) is 5.41. The predicted molar refractivity (Wildman–Crippen MR) is 75.8 cm³/mol. The van der Waals surface area contributed by atoms with Gasteiger partial charge in [0.2, 0.25) is 5.91 Å². The third-order valence-electron chi connectivity index (χ3n) is 4.61. The Labute approximate surface area is 114 Å². The number of piperidine rings is 1. The molecule has 0 spiro atoms. The van der Waals surface area contributed by atoms with Crippen molar-refractivity contribution >= 4 is 17.7 Å². The predicted octanol–water partition coefficient (Wildman–Crippen LogP) is 2.01. The number of hydrogen-bond acceptors (Lipinski definition) is 3. The zero-order valence-electron chi connectivity index (χ0n) is 11.2. The van der Waals surface area contributed by atoms with E-state index in [2.05, 4.69) is 16.5 Å². The van der Waals surface area contributed by atoms with Gasteiger partial charge in [-0.2, -0.15) is 11.8 Å². The van der Waals surface area contributed by atoms with Gasteiger partial charge < -0.3 is 10.2 Å². The lowest BCUT2D eigenvalue weighted by molar-refractivity contribution is -0.138. The molecule has 1 amide bonds. The summed E-state index contributed by atoms with van der Waals surface area (Å²) in [5.41, 5.74) is 0. The van der Waals surface area contributed by atoms with Gasteiger partial charge in [-0.25, -0.2) is 0 Å². The summed E-state index contributed by atoms with van der Waals surface area (Å²) in [7, 11) is 0. The van der Waals surface area contributed by atoms with Crippen LogP contribution in [0.25, 0.3) is 0 Å². The highest BCUT2D eigenvalue weighted by molar-refractivity contribution is 7.99. The van der Waals surface area contributed by atoms with Crippen LogP contribution < -0.4 is 5.32 Å². The van der Waals surface area contributed by atoms with E-state index in [-0.39, 0.29) is 6.04 Å². The van der Waals surface area contributed by atoms with Crippen LogP contribution in [0.1, 0.15) is 44.9 Å². The van der Waals surface area contributed by atoms with Crippen molar-refractivity contribution in [1.29, 1.82) is 0 Å². The molecule has 102 valence electrons. The summed E-state index contributed by atoms with van der Waals surface area (Å²) in [5.74, 6) is 0.388. The number of carbonyl (C=O) groups is 1. The minimum atomic E-state index is 0.120. The Hall–Kier alpha value is -0.220. The molecule has 3 unspecified atom stereocenters. The molecule has 2 aliphatic carbocycles. The molecule has 0 bridgehead atoms. The normalized spacial score (nSPS) is 37.3. The molecular weight excluding hydrogens is 244 g/mol. The van der Waals surface area contributed by atoms with Crippen molar-refractivity contribution < 1.29 is 4.79 Å². The Balaban J connectivity index is 1.65. The number of amides is 1. The molecule has 3 nitrogen and oxygen atoms in total. The molecule has 1 aliphatic heterocycles. The van der Waals surface area contributed by atoms with E-state index in [0.29, 0.717) is 23.2 Å². The van der Waals surface area contributed by atoms with E-state index in [1.165, 1.54) is 38.5 Å². The number of likely N-dealkylation sites (tertiary alicyclic amines) is 1. The van der Waals surface area contributed by atoms with Crippen LogP contribution in [0.4, 0.5) is 0 Å². The average molecular weight is 268 g/mol. The smallest absolute Gasteiger partial charge is 0.240 e. The van der Waals surface area contributed by atoms with Crippen molar-refractivity contribution in [1.82, 2.24) is 10.2 Å². The fourth-order valence-corrected chi connectivity index (χ4v) is 4.46. The molecule has 1 heterocycles. The minimum Gasteiger partial charge on any atom is -0.337 e. The third-order valence-corrected chi connectivity index (χ3v) is 5.76. The molecule has 4 heteroatoms. The van der Waals surface area contributed by atoms with Crippen LogP contribution >= 0.6 is 11.8 Å². The first-order valence-corrected chi connectivity index (χ1v) is 8.67. The Morgan fingerprint density at radius 2 is 2.00 bits per heavy atom. The van der Waals surface area contributed by atoms with Crippen molar-refractivity contribution in [3.8, 4) is 0 Å². The molecule has 18 heavy (non-hydrogen) atoms. The molecule has 3 rings (SSSR count). The summed E-state index contributed by atoms with van der Waals surface area (Å²) >= 11 is 1.95. The molecule has 0 aromatic carbocycles. The molecule has 1 N–H and O–H groups in total. The number of nitrogens with zero attached hydrogens (tertiary/aromatic N) is 1. The number of thioether (sulfide) groups is 1. The fraction of sp³-hybridized carbons (Fsp3) is 0.929. The maximum Gasteiger partial charge on any atom is 0.240 e. The van der Waals surface area contributed by atoms with Crippen LogP contribution in [0.15, 0.2) is 0 Å². The zero-order chi connectivity index (χ0) is 12.5. The Bertz CT molecular complexity index is 319. The summed E-state index contributed by atoms with van der Waals surface area (Å²) < 4.78 is 0. The van der Waals surface area contributed by atoms with E-state index in [1.807, 2.05) is 11.8 Å². The lowest BCUT2D eigenvalue weighted by atomic mass is 10.0. The summed E-state index contributed by atoms with van der Waals surface area (Å²) in [4.78, 5) is 14.8. The highest BCUT2D eigenvalue weighted by Crippen LogP contribution is 2.34. The summed E-state index contributed by atoms with van der Waals surface area (Å²) in [6, 6.07) is 1.27. The van der Waals surface area contributed by atoms with Gasteiger partial charge in [-0.15, -0.1) is 0 Å². The first-order chi connectivity index (χ1) is 8.79. The van der Waals surface area contributed by atoms with E-state index >= 15 is 0 Å². The summed E-state index contributed by atoms with van der Waals surface area (Å²) in [6.45, 7) is 0.989. The quantitative estimate of drug-likeness (QED) is 0.846. The maximum absolute atomic E-state index is 12.6. The van der Waals surface area contributed by atoms with Gasteiger partial charge in [0, 0.05) is 23.9 Å². The van der Waals surface area contributed by atoms with E-state index in [4.69, 9.17) is 0 Å². The fourth-order valence-electron chi connectivity index (χ4n) is 3.46. The average Bonchev–Trinajstić information content (AvgIpc) is 3.07. The third kappa shape index (κ3) is 2.55. The molecule has 3 fully saturated rings. The number of nitrogens with one attached hydrogen (secondary N) is 1. The van der Waals surface area contributed by atoms with Gasteiger partial charge in [-0.3, -0.25) is 4.79 Å². The molecule has 2 saturated carbocycles. The van der Waals surface area contributed by atoms with E-state index < -0.39 is 0 Å². The molecule has 0 aromatic rings. The monoisotopic (exact) mass is 268 g/mol. The van der Waals surface area contributed by atoms with Gasteiger partial charge in [0.15, 0.2) is 0 Å². The topological polar surface area (TPSA) is 32.3 Å². The largest absolute Gasteiger partial charge is 0.337 e. The van der Waals surface area contributed by atoms with Gasteiger partial charge in [0.1, 0.15) is 0 Å². The van der Waals surface area contributed by atoms with Gasteiger partial charge in [0.05, 0.1) is 6.04 Å². The van der Waals surface area contributed by atoms with Crippen LogP contribution in [0.2, 0.25) is 0 Å². The number of rotatable bonds is 4. The number of hydrogen-bond donors (Lipinski definition) is 1. The van der Waals surface area contributed by atoms with Crippen LogP contribution in [0, 0.1) is 0 Å². The van der Waals surface area contributed by atoms with Crippen LogP contribution in [0.3, 0.4) is 0 Å². The lowest BCUT2D eigenvalue weighted by Crippen LogP contribution is -2.55. The van der Waals surface area contributed by atoms with Crippen molar-refractivity contribution in [3.05, 3.63) is 0 Å². The second-order valence-corrected chi connectivity index (χ2v) is 7.02. The van der Waals surface area contributed by atoms with E-state index in [0.717, 1.165) is 13.0 Å². The molecular formula is C14H24N2OS. The van der Waals surface area contributed by atoms with Crippen LogP contribution in [-0.2, 0) is 4.79 Å². The molecule has 3 atom stereocenters. The maximum atomic E-state index is 12.6. The van der Waals surface area contributed by atoms with E-state index in [9.17, 15) is 4.79 Å². The van der Waals surface area contributed by atoms with E-state index in [1.54, 1.807) is 0 Å². The van der Waals surface area contributed by atoms with Gasteiger partial charge in [-0.1, -0.05) is 6.42 Å². The van der Waals surface area contributed by atoms with Crippen LogP contribution in [0.5, 0.6) is 0 Å². The molecule has 1 saturated heterocycles. The summed E-state index contributed by atoms with van der Waals surface area (Å²) in [6.07, 6.45) is 10.7. The standard InChI is InChI=1S/C14H24N2OS/c1-18-13-6-2-5-12(13)16-9-3-4-11(14(16)17)15-10-7-8-10/h10-13,15H,2-9H2,1H3. The molecule has 3 aliphatic rings. The van der Waals surface area contributed by atoms with Gasteiger partial charge >= 0.3 is 0 Å². The SMILES string of the molecule is CSC1CCCC1N1CCCC(NC2CC2)C1=O. The Morgan fingerprint density at radius 3 is 2.72 bits per heavy atom. The van der Waals surface area contributed by atoms with Crippen molar-refractivity contribution in [2.24, 2.45) is 0 Å². The molecule has 0 aromatic heterocycles. The highest BCUT2D eigenvalue weighted by atomic mass is 32.2. The van der Waals surface area contributed by atoms with Crippen molar-refractivity contribution in [3.63, 3.8) is 0 Å². The highest BCUT2D eigenvalue weighted by Gasteiger charge is 2.40. The Morgan fingerprint density at radius 1 is 1.17 bits per heavy atom. The van der Waals surface area contributed by atoms with Crippen molar-refractivity contribution in [2.75, 3.05) is 12.8 Å². The molecule has 0 radical (unpaired) electrons. The minimum absolute atomic E-state index is 0.120. The van der Waals surface area contributed by atoms with Crippen molar-refractivity contribution in [2.45, 2.75) is 68.3 Å². The second-order valence-electron chi connectivity index (χ2n) is 5.94. The zero-order valence-corrected chi connectivity index (χ0v) is 12.0. The number of carbonyl (C=O) groups excluding carboxylic acids is 1. The van der Waals surface area contributed by atoms with Crippen LogP contribution in [-0.4, -0.2) is 47.0 Å². The van der Waals surface area contributed by atoms with Gasteiger partial charge in [0.25, 0.3) is 0 Å². The Kier molecular flexibility index (Phi) is 3.85. The lowest BCUT2D eigenvalue weighted by Gasteiger charge is -2.39. The first kappa shape index (κ1) is 12.8. The van der Waals surface area contributed by atoms with Gasteiger partial charge in [-0.05, 0) is 44.8 Å². The first-order valence-electron chi connectivity index (χ1n) is 7.39. The summed E-state index contributed by atoms with van der Waals surface area (Å²) in [5, 5.41) is 4.21.